The molecule has 3 rings (SSSR count). The first-order chi connectivity index (χ1) is 12.5. The number of nitrogens with one attached hydrogen (secondary N) is 2. The third kappa shape index (κ3) is 4.46. The topological polar surface area (TPSA) is 71.1 Å². The Bertz CT molecular complexity index is 955. The van der Waals surface area contributed by atoms with Crippen LogP contribution in [0.3, 0.4) is 0 Å². The van der Waals surface area contributed by atoms with E-state index in [2.05, 4.69) is 15.6 Å². The number of carbonyl (C=O) groups is 2. The second-order valence-electron chi connectivity index (χ2n) is 5.65. The highest BCUT2D eigenvalue weighted by molar-refractivity contribution is 6.30. The summed E-state index contributed by atoms with van der Waals surface area (Å²) in [6.07, 6.45) is 1.55. The maximum absolute atomic E-state index is 12.4. The molecule has 0 atom stereocenters. The predicted molar refractivity (Wildman–Crippen MR) is 103 cm³/mol. The number of amides is 1. The van der Waals surface area contributed by atoms with Crippen molar-refractivity contribution in [1.82, 2.24) is 4.98 Å². The summed E-state index contributed by atoms with van der Waals surface area (Å²) in [5.41, 5.74) is 2.91. The number of hydrogen-bond donors (Lipinski definition) is 2. The number of carbonyl (C=O) groups excluding carboxylic acids is 2. The van der Waals surface area contributed by atoms with E-state index in [-0.39, 0.29) is 17.4 Å². The molecule has 26 heavy (non-hydrogen) atoms. The van der Waals surface area contributed by atoms with Gasteiger partial charge >= 0.3 is 0 Å². The molecule has 0 saturated carbocycles. The van der Waals surface area contributed by atoms with E-state index in [9.17, 15) is 9.59 Å². The Balaban J connectivity index is 1.74. The first-order valence-corrected chi connectivity index (χ1v) is 8.30. The van der Waals surface area contributed by atoms with Crippen molar-refractivity contribution in [3.8, 4) is 0 Å². The van der Waals surface area contributed by atoms with E-state index >= 15 is 0 Å². The van der Waals surface area contributed by atoms with Gasteiger partial charge < -0.3 is 10.6 Å². The van der Waals surface area contributed by atoms with Gasteiger partial charge in [0.1, 0.15) is 5.69 Å². The molecule has 2 aromatic carbocycles. The Hall–Kier alpha value is -3.18. The summed E-state index contributed by atoms with van der Waals surface area (Å²) >= 11 is 5.88. The van der Waals surface area contributed by atoms with Gasteiger partial charge in [-0.25, -0.2) is 0 Å². The van der Waals surface area contributed by atoms with Crippen LogP contribution >= 0.6 is 11.6 Å². The maximum Gasteiger partial charge on any atom is 0.274 e. The van der Waals surface area contributed by atoms with Gasteiger partial charge in [-0.2, -0.15) is 0 Å². The summed E-state index contributed by atoms with van der Waals surface area (Å²) in [5.74, 6) is -0.418. The van der Waals surface area contributed by atoms with E-state index in [0.29, 0.717) is 16.3 Å². The summed E-state index contributed by atoms with van der Waals surface area (Å²) in [7, 11) is 0. The highest BCUT2D eigenvalue weighted by Crippen LogP contribution is 2.20. The number of aromatic nitrogens is 1. The minimum Gasteiger partial charge on any atom is -0.355 e. The molecule has 6 heteroatoms. The van der Waals surface area contributed by atoms with Gasteiger partial charge in [0.2, 0.25) is 0 Å². The molecule has 5 nitrogen and oxygen atoms in total. The molecule has 0 bridgehead atoms. The molecule has 3 aromatic rings. The summed E-state index contributed by atoms with van der Waals surface area (Å²) in [6, 6.07) is 17.4. The van der Waals surface area contributed by atoms with Crippen molar-refractivity contribution in [2.45, 2.75) is 6.92 Å². The lowest BCUT2D eigenvalue weighted by Gasteiger charge is -2.09. The van der Waals surface area contributed by atoms with Gasteiger partial charge in [-0.15, -0.1) is 0 Å². The summed E-state index contributed by atoms with van der Waals surface area (Å²) < 4.78 is 0. The van der Waals surface area contributed by atoms with E-state index in [0.717, 1.165) is 11.4 Å². The van der Waals surface area contributed by atoms with Crippen LogP contribution in [0.5, 0.6) is 0 Å². The lowest BCUT2D eigenvalue weighted by molar-refractivity contribution is 0.100. The first kappa shape index (κ1) is 17.6. The van der Waals surface area contributed by atoms with Crippen LogP contribution in [0.25, 0.3) is 0 Å². The van der Waals surface area contributed by atoms with Crippen molar-refractivity contribution in [2.24, 2.45) is 0 Å². The van der Waals surface area contributed by atoms with Gasteiger partial charge in [-0.3, -0.25) is 14.6 Å². The zero-order valence-corrected chi connectivity index (χ0v) is 14.7. The summed E-state index contributed by atoms with van der Waals surface area (Å²) in [4.78, 5) is 28.0. The predicted octanol–water partition coefficient (Wildman–Crippen LogP) is 4.93. The molecule has 0 spiro atoms. The number of halogens is 1. The zero-order chi connectivity index (χ0) is 18.5. The second-order valence-corrected chi connectivity index (χ2v) is 6.09. The molecule has 130 valence electrons. The Morgan fingerprint density at radius 1 is 0.923 bits per heavy atom. The fourth-order valence-corrected chi connectivity index (χ4v) is 2.47. The van der Waals surface area contributed by atoms with Gasteiger partial charge in [0.15, 0.2) is 5.78 Å². The first-order valence-electron chi connectivity index (χ1n) is 7.92. The van der Waals surface area contributed by atoms with Crippen LogP contribution in [0.15, 0.2) is 66.9 Å². The molecule has 0 unspecified atom stereocenters. The van der Waals surface area contributed by atoms with Crippen molar-refractivity contribution in [1.29, 1.82) is 0 Å². The minimum atomic E-state index is -0.356. The molecule has 0 fully saturated rings. The van der Waals surface area contributed by atoms with E-state index in [1.54, 1.807) is 54.7 Å². The average Bonchev–Trinajstić information content (AvgIpc) is 2.64. The van der Waals surface area contributed by atoms with Crippen molar-refractivity contribution in [3.63, 3.8) is 0 Å². The molecule has 0 aliphatic rings. The molecule has 1 aromatic heterocycles. The highest BCUT2D eigenvalue weighted by atomic mass is 35.5. The second kappa shape index (κ2) is 7.80. The third-order valence-electron chi connectivity index (χ3n) is 3.65. The Morgan fingerprint density at radius 3 is 2.42 bits per heavy atom. The van der Waals surface area contributed by atoms with Crippen LogP contribution in [-0.4, -0.2) is 16.7 Å². The van der Waals surface area contributed by atoms with Crippen molar-refractivity contribution in [2.75, 3.05) is 10.6 Å². The van der Waals surface area contributed by atoms with Gasteiger partial charge in [0, 0.05) is 33.8 Å². The number of benzene rings is 2. The molecular weight excluding hydrogens is 350 g/mol. The Morgan fingerprint density at radius 2 is 1.69 bits per heavy atom. The van der Waals surface area contributed by atoms with E-state index in [4.69, 9.17) is 11.6 Å². The zero-order valence-electron chi connectivity index (χ0n) is 14.0. The van der Waals surface area contributed by atoms with Crippen LogP contribution in [0, 0.1) is 0 Å². The fraction of sp³-hybridized carbons (Fsp3) is 0.0500. The molecule has 0 aliphatic heterocycles. The Kier molecular flexibility index (Phi) is 5.29. The number of ketones is 1. The highest BCUT2D eigenvalue weighted by Gasteiger charge is 2.10. The van der Waals surface area contributed by atoms with Crippen molar-refractivity contribution in [3.05, 3.63) is 83.1 Å². The lowest BCUT2D eigenvalue weighted by Crippen LogP contribution is -2.14. The maximum atomic E-state index is 12.4. The average molecular weight is 366 g/mol. The fourth-order valence-electron chi connectivity index (χ4n) is 2.34. The normalized spacial score (nSPS) is 10.2. The largest absolute Gasteiger partial charge is 0.355 e. The third-order valence-corrected chi connectivity index (χ3v) is 3.90. The molecule has 1 heterocycles. The SMILES string of the molecule is CC(=O)c1cccc(NC(=O)c2cc(Nc3ccc(Cl)cc3)ccn2)c1. The number of rotatable bonds is 5. The van der Waals surface area contributed by atoms with Gasteiger partial charge in [0.05, 0.1) is 0 Å². The number of anilines is 3. The van der Waals surface area contributed by atoms with E-state index in [1.165, 1.54) is 6.92 Å². The molecule has 0 radical (unpaired) electrons. The molecule has 1 amide bonds. The molecule has 0 saturated heterocycles. The quantitative estimate of drug-likeness (QED) is 0.628. The smallest absolute Gasteiger partial charge is 0.274 e. The number of pyridine rings is 1. The van der Waals surface area contributed by atoms with Crippen LogP contribution in [0.1, 0.15) is 27.8 Å². The standard InChI is InChI=1S/C20H16ClN3O2/c1-13(25)14-3-2-4-17(11-14)24-20(26)19-12-18(9-10-22-19)23-16-7-5-15(21)6-8-16/h2-12H,1H3,(H,22,23)(H,24,26). The minimum absolute atomic E-state index is 0.0617. The summed E-state index contributed by atoms with van der Waals surface area (Å²) in [5, 5.41) is 6.60. The monoisotopic (exact) mass is 365 g/mol. The summed E-state index contributed by atoms with van der Waals surface area (Å²) in [6.45, 7) is 1.48. The van der Waals surface area contributed by atoms with Crippen LogP contribution in [-0.2, 0) is 0 Å². The number of Topliss-reactive ketones (excluding diaryl/α,β-unsaturated/α-hetero) is 1. The van der Waals surface area contributed by atoms with Gasteiger partial charge in [-0.1, -0.05) is 23.7 Å². The molecule has 2 N–H and O–H groups in total. The van der Waals surface area contributed by atoms with Crippen molar-refractivity contribution < 1.29 is 9.59 Å². The molecule has 0 aliphatic carbocycles. The number of nitrogens with zero attached hydrogens (tertiary/aromatic N) is 1. The van der Waals surface area contributed by atoms with Gasteiger partial charge in [0.25, 0.3) is 5.91 Å². The molecular formula is C20H16ClN3O2. The van der Waals surface area contributed by atoms with E-state index < -0.39 is 0 Å². The van der Waals surface area contributed by atoms with Gasteiger partial charge in [-0.05, 0) is 55.5 Å². The number of hydrogen-bond acceptors (Lipinski definition) is 4. The van der Waals surface area contributed by atoms with Crippen LogP contribution < -0.4 is 10.6 Å². The van der Waals surface area contributed by atoms with Crippen LogP contribution in [0.2, 0.25) is 5.02 Å². The van der Waals surface area contributed by atoms with Crippen molar-refractivity contribution >= 4 is 40.4 Å². The Labute approximate surface area is 156 Å². The van der Waals surface area contributed by atoms with E-state index in [1.807, 2.05) is 12.1 Å². The van der Waals surface area contributed by atoms with Crippen LogP contribution in [0.4, 0.5) is 17.1 Å². The lowest BCUT2D eigenvalue weighted by atomic mass is 10.1.